The predicted octanol–water partition coefficient (Wildman–Crippen LogP) is 2.02. The van der Waals surface area contributed by atoms with Gasteiger partial charge in [-0.1, -0.05) is 0 Å². The lowest BCUT2D eigenvalue weighted by Gasteiger charge is -2.03. The normalized spacial score (nSPS) is 14.1. The van der Waals surface area contributed by atoms with Crippen LogP contribution in [0.5, 0.6) is 5.75 Å². The van der Waals surface area contributed by atoms with Crippen molar-refractivity contribution < 1.29 is 9.53 Å². The number of benzene rings is 1. The zero-order valence-electron chi connectivity index (χ0n) is 11.4. The standard InChI is InChI=1S/C15H17N3O2/c1-20-13-6-4-12(5-7-13)18-9-8-14(17-18)15(19)16-10-11-2-3-11/h4-9,11H,2-3,10H2,1H3,(H,16,19). The van der Waals surface area contributed by atoms with Crippen LogP contribution in [0.25, 0.3) is 5.69 Å². The molecule has 3 rings (SSSR count). The molecule has 0 bridgehead atoms. The van der Waals surface area contributed by atoms with Gasteiger partial charge in [0.25, 0.3) is 5.91 Å². The summed E-state index contributed by atoms with van der Waals surface area (Å²) in [5, 5.41) is 7.21. The fraction of sp³-hybridized carbons (Fsp3) is 0.333. The van der Waals surface area contributed by atoms with Crippen LogP contribution in [0.15, 0.2) is 36.5 Å². The summed E-state index contributed by atoms with van der Waals surface area (Å²) >= 11 is 0. The van der Waals surface area contributed by atoms with Gasteiger partial charge in [0.2, 0.25) is 0 Å². The molecule has 1 aromatic heterocycles. The molecule has 1 aromatic carbocycles. The summed E-state index contributed by atoms with van der Waals surface area (Å²) in [7, 11) is 1.63. The summed E-state index contributed by atoms with van der Waals surface area (Å²) in [6.45, 7) is 0.758. The van der Waals surface area contributed by atoms with Gasteiger partial charge in [0.15, 0.2) is 5.69 Å². The summed E-state index contributed by atoms with van der Waals surface area (Å²) in [5.41, 5.74) is 1.34. The van der Waals surface area contributed by atoms with Crippen LogP contribution in [0.1, 0.15) is 23.3 Å². The fourth-order valence-corrected chi connectivity index (χ4v) is 1.97. The molecular formula is C15H17N3O2. The second kappa shape index (κ2) is 5.36. The van der Waals surface area contributed by atoms with E-state index in [-0.39, 0.29) is 5.91 Å². The molecule has 1 aliphatic carbocycles. The van der Waals surface area contributed by atoms with Crippen LogP contribution in [-0.2, 0) is 0 Å². The molecular weight excluding hydrogens is 254 g/mol. The Morgan fingerprint density at radius 2 is 2.10 bits per heavy atom. The van der Waals surface area contributed by atoms with Gasteiger partial charge < -0.3 is 10.1 Å². The average Bonchev–Trinajstić information content (AvgIpc) is 3.19. The van der Waals surface area contributed by atoms with E-state index in [2.05, 4.69) is 10.4 Å². The van der Waals surface area contributed by atoms with Crippen LogP contribution < -0.4 is 10.1 Å². The van der Waals surface area contributed by atoms with E-state index in [0.717, 1.165) is 18.0 Å². The van der Waals surface area contributed by atoms with Crippen LogP contribution in [0, 0.1) is 5.92 Å². The van der Waals surface area contributed by atoms with Gasteiger partial charge in [-0.15, -0.1) is 0 Å². The lowest BCUT2D eigenvalue weighted by molar-refractivity contribution is 0.0946. The van der Waals surface area contributed by atoms with Gasteiger partial charge >= 0.3 is 0 Å². The van der Waals surface area contributed by atoms with E-state index in [4.69, 9.17) is 4.74 Å². The van der Waals surface area contributed by atoms with Crippen LogP contribution in [0.4, 0.5) is 0 Å². The first-order chi connectivity index (χ1) is 9.76. The molecule has 1 amide bonds. The van der Waals surface area contributed by atoms with Crippen molar-refractivity contribution in [1.82, 2.24) is 15.1 Å². The number of hydrogen-bond acceptors (Lipinski definition) is 3. The predicted molar refractivity (Wildman–Crippen MR) is 75.2 cm³/mol. The van der Waals surface area contributed by atoms with Crippen molar-refractivity contribution >= 4 is 5.91 Å². The molecule has 5 nitrogen and oxygen atoms in total. The highest BCUT2D eigenvalue weighted by molar-refractivity contribution is 5.92. The maximum atomic E-state index is 11.9. The van der Waals surface area contributed by atoms with Crippen LogP contribution >= 0.6 is 0 Å². The largest absolute Gasteiger partial charge is 0.497 e. The highest BCUT2D eigenvalue weighted by Crippen LogP contribution is 2.27. The smallest absolute Gasteiger partial charge is 0.271 e. The second-order valence-corrected chi connectivity index (χ2v) is 5.00. The van der Waals surface area contributed by atoms with Gasteiger partial charge in [-0.3, -0.25) is 4.79 Å². The minimum Gasteiger partial charge on any atom is -0.497 e. The Kier molecular flexibility index (Phi) is 3.41. The molecule has 1 fully saturated rings. The van der Waals surface area contributed by atoms with Crippen LogP contribution in [0.2, 0.25) is 0 Å². The van der Waals surface area contributed by atoms with Gasteiger partial charge in [0.1, 0.15) is 5.75 Å². The van der Waals surface area contributed by atoms with E-state index in [0.29, 0.717) is 11.6 Å². The SMILES string of the molecule is COc1ccc(-n2ccc(C(=O)NCC3CC3)n2)cc1. The molecule has 0 spiro atoms. The molecule has 0 atom stereocenters. The Morgan fingerprint density at radius 3 is 2.75 bits per heavy atom. The first-order valence-electron chi connectivity index (χ1n) is 6.74. The Hall–Kier alpha value is -2.30. The molecule has 0 unspecified atom stereocenters. The highest BCUT2D eigenvalue weighted by atomic mass is 16.5. The summed E-state index contributed by atoms with van der Waals surface area (Å²) < 4.78 is 6.80. The van der Waals surface area contributed by atoms with Gasteiger partial charge in [0, 0.05) is 12.7 Å². The zero-order chi connectivity index (χ0) is 13.9. The van der Waals surface area contributed by atoms with E-state index in [1.54, 1.807) is 24.1 Å². The highest BCUT2D eigenvalue weighted by Gasteiger charge is 2.22. The molecule has 1 aliphatic rings. The number of carbonyl (C=O) groups is 1. The van der Waals surface area contributed by atoms with Gasteiger partial charge in [0.05, 0.1) is 12.8 Å². The number of rotatable bonds is 5. The van der Waals surface area contributed by atoms with E-state index in [9.17, 15) is 4.79 Å². The van der Waals surface area contributed by atoms with Crippen molar-refractivity contribution in [1.29, 1.82) is 0 Å². The minimum absolute atomic E-state index is 0.107. The number of nitrogens with zero attached hydrogens (tertiary/aromatic N) is 2. The first kappa shape index (κ1) is 12.7. The lowest BCUT2D eigenvalue weighted by Crippen LogP contribution is -2.26. The summed E-state index contributed by atoms with van der Waals surface area (Å²) in [5.74, 6) is 1.36. The van der Waals surface area contributed by atoms with E-state index in [1.807, 2.05) is 24.3 Å². The average molecular weight is 271 g/mol. The molecule has 0 radical (unpaired) electrons. The third-order valence-corrected chi connectivity index (χ3v) is 3.41. The Morgan fingerprint density at radius 1 is 1.35 bits per heavy atom. The number of hydrogen-bond donors (Lipinski definition) is 1. The summed E-state index contributed by atoms with van der Waals surface area (Å²) in [6.07, 6.45) is 4.23. The number of ether oxygens (including phenoxy) is 1. The third kappa shape index (κ3) is 2.82. The van der Waals surface area contributed by atoms with Crippen LogP contribution in [-0.4, -0.2) is 29.3 Å². The first-order valence-corrected chi connectivity index (χ1v) is 6.74. The van der Waals surface area contributed by atoms with Crippen molar-refractivity contribution in [3.63, 3.8) is 0 Å². The molecule has 1 N–H and O–H groups in total. The molecule has 5 heteroatoms. The topological polar surface area (TPSA) is 56.1 Å². The lowest BCUT2D eigenvalue weighted by atomic mass is 10.3. The number of methoxy groups -OCH3 is 1. The molecule has 2 aromatic rings. The molecule has 0 saturated heterocycles. The minimum atomic E-state index is -0.107. The Bertz CT molecular complexity index is 600. The molecule has 20 heavy (non-hydrogen) atoms. The van der Waals surface area contributed by atoms with Gasteiger partial charge in [-0.05, 0) is 49.1 Å². The van der Waals surface area contributed by atoms with Gasteiger partial charge in [-0.25, -0.2) is 4.68 Å². The fourth-order valence-electron chi connectivity index (χ4n) is 1.97. The maximum Gasteiger partial charge on any atom is 0.271 e. The monoisotopic (exact) mass is 271 g/mol. The second-order valence-electron chi connectivity index (χ2n) is 5.00. The number of amides is 1. The molecule has 104 valence electrons. The number of aromatic nitrogens is 2. The van der Waals surface area contributed by atoms with Crippen molar-refractivity contribution in [2.24, 2.45) is 5.92 Å². The van der Waals surface area contributed by atoms with E-state index >= 15 is 0 Å². The molecule has 0 aliphatic heterocycles. The van der Waals surface area contributed by atoms with E-state index < -0.39 is 0 Å². The summed E-state index contributed by atoms with van der Waals surface area (Å²) in [4.78, 5) is 11.9. The Labute approximate surface area is 117 Å². The van der Waals surface area contributed by atoms with Crippen molar-refractivity contribution in [3.8, 4) is 11.4 Å². The Balaban J connectivity index is 1.69. The van der Waals surface area contributed by atoms with Gasteiger partial charge in [-0.2, -0.15) is 5.10 Å². The summed E-state index contributed by atoms with van der Waals surface area (Å²) in [6, 6.07) is 9.26. The molecule has 1 saturated carbocycles. The van der Waals surface area contributed by atoms with Crippen molar-refractivity contribution in [3.05, 3.63) is 42.2 Å². The van der Waals surface area contributed by atoms with Crippen molar-refractivity contribution in [2.45, 2.75) is 12.8 Å². The van der Waals surface area contributed by atoms with E-state index in [1.165, 1.54) is 12.8 Å². The zero-order valence-corrected chi connectivity index (χ0v) is 11.4. The van der Waals surface area contributed by atoms with Crippen molar-refractivity contribution in [2.75, 3.05) is 13.7 Å². The quantitative estimate of drug-likeness (QED) is 0.905. The third-order valence-electron chi connectivity index (χ3n) is 3.41. The maximum absolute atomic E-state index is 11.9. The number of carbonyl (C=O) groups excluding carboxylic acids is 1. The molecule has 1 heterocycles. The van der Waals surface area contributed by atoms with Crippen LogP contribution in [0.3, 0.4) is 0 Å². The number of nitrogens with one attached hydrogen (secondary N) is 1.